The average molecular weight is 578 g/mol. The molecule has 7 rings (SSSR count). The van der Waals surface area contributed by atoms with Crippen LogP contribution in [0.3, 0.4) is 0 Å². The highest BCUT2D eigenvalue weighted by Crippen LogP contribution is 2.45. The van der Waals surface area contributed by atoms with Gasteiger partial charge in [-0.2, -0.15) is 0 Å². The van der Waals surface area contributed by atoms with E-state index in [0.29, 0.717) is 5.56 Å². The van der Waals surface area contributed by atoms with Crippen LogP contribution in [0.2, 0.25) is 0 Å². The predicted octanol–water partition coefficient (Wildman–Crippen LogP) is 8.88. The summed E-state index contributed by atoms with van der Waals surface area (Å²) in [4.78, 5) is 0. The second kappa shape index (κ2) is 11.7. The highest BCUT2D eigenvalue weighted by Gasteiger charge is 2.24. The summed E-state index contributed by atoms with van der Waals surface area (Å²) in [5.41, 5.74) is 3.71. The van der Waals surface area contributed by atoms with E-state index in [1.54, 1.807) is 12.1 Å². The molecule has 0 aliphatic heterocycles. The third-order valence-electron chi connectivity index (χ3n) is 7.90. The molecular formula is C39H29FNOP. The van der Waals surface area contributed by atoms with E-state index >= 15 is 0 Å². The van der Waals surface area contributed by atoms with Gasteiger partial charge in [-0.15, -0.1) is 0 Å². The summed E-state index contributed by atoms with van der Waals surface area (Å²) in [7, 11) is -0.911. The number of rotatable bonds is 7. The summed E-state index contributed by atoms with van der Waals surface area (Å²) < 4.78 is 14.2. The number of phenolic OH excluding ortho intramolecular Hbond substituents is 1. The molecule has 0 bridgehead atoms. The van der Waals surface area contributed by atoms with E-state index in [-0.39, 0.29) is 12.3 Å². The molecule has 0 fully saturated rings. The van der Waals surface area contributed by atoms with Gasteiger partial charge in [0.2, 0.25) is 0 Å². The first kappa shape index (κ1) is 26.9. The molecule has 208 valence electrons. The molecule has 0 spiro atoms. The molecule has 0 aliphatic carbocycles. The first-order valence-corrected chi connectivity index (χ1v) is 15.7. The number of para-hydroxylation sites is 1. The van der Waals surface area contributed by atoms with E-state index in [9.17, 15) is 9.50 Å². The van der Waals surface area contributed by atoms with Gasteiger partial charge in [0.25, 0.3) is 0 Å². The Labute approximate surface area is 251 Å². The van der Waals surface area contributed by atoms with Gasteiger partial charge in [-0.25, -0.2) is 4.39 Å². The molecule has 0 amide bonds. The smallest absolute Gasteiger partial charge is 0.165 e. The van der Waals surface area contributed by atoms with E-state index in [2.05, 4.69) is 139 Å². The summed E-state index contributed by atoms with van der Waals surface area (Å²) >= 11 is 0. The number of nitrogens with one attached hydrogen (secondary N) is 1. The Morgan fingerprint density at radius 2 is 1.09 bits per heavy atom. The van der Waals surface area contributed by atoms with Gasteiger partial charge in [-0.05, 0) is 57.5 Å². The Morgan fingerprint density at radius 1 is 0.535 bits per heavy atom. The zero-order chi connectivity index (χ0) is 29.2. The maximum Gasteiger partial charge on any atom is 0.165 e. The van der Waals surface area contributed by atoms with E-state index < -0.39 is 13.7 Å². The molecule has 0 atom stereocenters. The van der Waals surface area contributed by atoms with Gasteiger partial charge in [0, 0.05) is 28.9 Å². The second-order valence-corrected chi connectivity index (χ2v) is 12.7. The van der Waals surface area contributed by atoms with Crippen LogP contribution in [-0.4, -0.2) is 5.11 Å². The molecule has 7 aromatic carbocycles. The Balaban J connectivity index is 1.52. The predicted molar refractivity (Wildman–Crippen MR) is 181 cm³/mol. The number of fused-ring (bicyclic) bond motifs is 2. The van der Waals surface area contributed by atoms with Crippen LogP contribution in [-0.2, 0) is 6.54 Å². The van der Waals surface area contributed by atoms with Gasteiger partial charge in [-0.1, -0.05) is 140 Å². The largest absolute Gasteiger partial charge is 0.505 e. The molecule has 7 aromatic rings. The number of hydrogen-bond donors (Lipinski definition) is 2. The van der Waals surface area contributed by atoms with Crippen molar-refractivity contribution in [1.82, 2.24) is 0 Å². The molecular weight excluding hydrogens is 548 g/mol. The molecule has 43 heavy (non-hydrogen) atoms. The molecule has 2 nitrogen and oxygen atoms in total. The molecule has 0 radical (unpaired) electrons. The van der Waals surface area contributed by atoms with Crippen LogP contribution in [0, 0.1) is 5.82 Å². The van der Waals surface area contributed by atoms with Gasteiger partial charge in [-0.3, -0.25) is 0 Å². The van der Waals surface area contributed by atoms with Crippen molar-refractivity contribution in [3.05, 3.63) is 163 Å². The van der Waals surface area contributed by atoms with Crippen molar-refractivity contribution in [2.45, 2.75) is 6.54 Å². The van der Waals surface area contributed by atoms with Gasteiger partial charge >= 0.3 is 0 Å². The molecule has 0 heterocycles. The monoisotopic (exact) mass is 577 g/mol. The molecule has 4 heteroatoms. The number of benzene rings is 7. The SMILES string of the molecule is Oc1c(F)cccc1CNc1ccc2ccccc2c1-c1c(P(c2ccccc2)c2ccccc2)ccc2ccccc12. The first-order chi connectivity index (χ1) is 21.2. The highest BCUT2D eigenvalue weighted by molar-refractivity contribution is 7.80. The Bertz CT molecular complexity index is 2020. The van der Waals surface area contributed by atoms with Crippen molar-refractivity contribution in [2.24, 2.45) is 0 Å². The lowest BCUT2D eigenvalue weighted by atomic mass is 9.92. The topological polar surface area (TPSA) is 32.3 Å². The van der Waals surface area contributed by atoms with Gasteiger partial charge in [0.05, 0.1) is 0 Å². The first-order valence-electron chi connectivity index (χ1n) is 14.3. The van der Waals surface area contributed by atoms with E-state index in [4.69, 9.17) is 0 Å². The zero-order valence-corrected chi connectivity index (χ0v) is 24.3. The molecule has 0 saturated carbocycles. The van der Waals surface area contributed by atoms with E-state index in [0.717, 1.165) is 22.0 Å². The van der Waals surface area contributed by atoms with Crippen molar-refractivity contribution >= 4 is 51.1 Å². The number of hydrogen-bond acceptors (Lipinski definition) is 2. The van der Waals surface area contributed by atoms with Gasteiger partial charge in [0.1, 0.15) is 0 Å². The second-order valence-electron chi connectivity index (χ2n) is 10.5. The minimum atomic E-state index is -0.911. The Morgan fingerprint density at radius 3 is 1.74 bits per heavy atom. The van der Waals surface area contributed by atoms with Gasteiger partial charge in [0.15, 0.2) is 11.6 Å². The third-order valence-corrected chi connectivity index (χ3v) is 10.4. The Hall–Kier alpha value is -4.98. The molecule has 2 N–H and O–H groups in total. The van der Waals surface area contributed by atoms with Crippen LogP contribution < -0.4 is 21.2 Å². The normalized spacial score (nSPS) is 11.3. The van der Waals surface area contributed by atoms with Crippen LogP contribution in [0.4, 0.5) is 10.1 Å². The fourth-order valence-electron chi connectivity index (χ4n) is 5.87. The summed E-state index contributed by atoms with van der Waals surface area (Å²) in [5.74, 6) is -0.939. The quantitative estimate of drug-likeness (QED) is 0.186. The zero-order valence-electron chi connectivity index (χ0n) is 23.4. The fraction of sp³-hybridized carbons (Fsp3) is 0.0256. The molecule has 0 unspecified atom stereocenters. The van der Waals surface area contributed by atoms with Crippen molar-refractivity contribution in [3.8, 4) is 16.9 Å². The lowest BCUT2D eigenvalue weighted by Crippen LogP contribution is -2.22. The maximum absolute atomic E-state index is 14.2. The number of phenols is 1. The van der Waals surface area contributed by atoms with Crippen molar-refractivity contribution < 1.29 is 9.50 Å². The Kier molecular flexibility index (Phi) is 7.33. The van der Waals surface area contributed by atoms with Crippen LogP contribution in [0.25, 0.3) is 32.7 Å². The van der Waals surface area contributed by atoms with Crippen molar-refractivity contribution in [2.75, 3.05) is 5.32 Å². The lowest BCUT2D eigenvalue weighted by molar-refractivity contribution is 0.427. The average Bonchev–Trinajstić information content (AvgIpc) is 3.06. The minimum Gasteiger partial charge on any atom is -0.505 e. The number of aromatic hydroxyl groups is 1. The third kappa shape index (κ3) is 5.14. The van der Waals surface area contributed by atoms with Crippen molar-refractivity contribution in [3.63, 3.8) is 0 Å². The van der Waals surface area contributed by atoms with Crippen LogP contribution in [0.15, 0.2) is 152 Å². The van der Waals surface area contributed by atoms with E-state index in [1.165, 1.54) is 38.3 Å². The van der Waals surface area contributed by atoms with Crippen LogP contribution in [0.1, 0.15) is 5.56 Å². The summed E-state index contributed by atoms with van der Waals surface area (Å²) in [6.07, 6.45) is 0. The van der Waals surface area contributed by atoms with Crippen LogP contribution in [0.5, 0.6) is 5.75 Å². The van der Waals surface area contributed by atoms with Gasteiger partial charge < -0.3 is 10.4 Å². The minimum absolute atomic E-state index is 0.279. The van der Waals surface area contributed by atoms with Crippen molar-refractivity contribution in [1.29, 1.82) is 0 Å². The number of halogens is 1. The number of anilines is 1. The fourth-order valence-corrected chi connectivity index (χ4v) is 8.35. The maximum atomic E-state index is 14.2. The highest BCUT2D eigenvalue weighted by atomic mass is 31.1. The van der Waals surface area contributed by atoms with Crippen LogP contribution >= 0.6 is 7.92 Å². The standard InChI is InChI=1S/C39H29FNOP/c40-34-21-11-14-29(39(34)42)26-41-35-24-22-27-12-7-9-19-32(27)37(35)38-33-20-10-8-13-28(33)23-25-36(38)43(30-15-3-1-4-16-30)31-17-5-2-6-18-31/h1-25,41-42H,26H2. The lowest BCUT2D eigenvalue weighted by Gasteiger charge is -2.26. The summed E-state index contributed by atoms with van der Waals surface area (Å²) in [5, 5.41) is 22.4. The summed E-state index contributed by atoms with van der Waals surface area (Å²) in [6, 6.07) is 51.9. The summed E-state index contributed by atoms with van der Waals surface area (Å²) in [6.45, 7) is 0.279. The molecule has 0 aliphatic rings. The molecule has 0 aromatic heterocycles. The molecule has 0 saturated heterocycles. The van der Waals surface area contributed by atoms with E-state index in [1.807, 2.05) is 0 Å².